The molecule has 0 radical (unpaired) electrons. The Hall–Kier alpha value is -1.77. The molecule has 0 fully saturated rings. The summed E-state index contributed by atoms with van der Waals surface area (Å²) in [5.41, 5.74) is 1.46. The average Bonchev–Trinajstić information content (AvgIpc) is 2.35. The van der Waals surface area contributed by atoms with E-state index in [0.717, 1.165) is 12.1 Å². The molecule has 0 aliphatic rings. The minimum absolute atomic E-state index is 0.126. The van der Waals surface area contributed by atoms with Gasteiger partial charge in [0.2, 0.25) is 0 Å². The molecule has 0 aromatic heterocycles. The molecule has 0 amide bonds. The van der Waals surface area contributed by atoms with Crippen LogP contribution in [0, 0.1) is 0 Å². The van der Waals surface area contributed by atoms with Crippen molar-refractivity contribution in [3.8, 4) is 0 Å². The van der Waals surface area contributed by atoms with Crippen molar-refractivity contribution in [1.29, 1.82) is 0 Å². The number of anilines is 1. The second-order valence-electron chi connectivity index (χ2n) is 3.96. The summed E-state index contributed by atoms with van der Waals surface area (Å²) in [7, 11) is 0. The number of rotatable bonds is 6. The van der Waals surface area contributed by atoms with Crippen LogP contribution in [0.2, 0.25) is 0 Å². The molecular formula is C14H19NO2. The molecule has 0 aliphatic heterocycles. The van der Waals surface area contributed by atoms with E-state index in [2.05, 4.69) is 11.9 Å². The molecule has 0 spiro atoms. The summed E-state index contributed by atoms with van der Waals surface area (Å²) in [4.78, 5) is 11.4. The van der Waals surface area contributed by atoms with Gasteiger partial charge >= 0.3 is 5.97 Å². The maximum atomic E-state index is 11.4. The number of esters is 1. The minimum Gasteiger partial charge on any atom is -0.457 e. The van der Waals surface area contributed by atoms with Gasteiger partial charge in [-0.05, 0) is 25.5 Å². The van der Waals surface area contributed by atoms with Crippen LogP contribution in [-0.4, -0.2) is 18.6 Å². The van der Waals surface area contributed by atoms with Gasteiger partial charge in [0.25, 0.3) is 0 Å². The van der Waals surface area contributed by atoms with Gasteiger partial charge in [-0.25, -0.2) is 4.79 Å². The molecule has 0 saturated heterocycles. The van der Waals surface area contributed by atoms with E-state index in [1.54, 1.807) is 6.92 Å². The van der Waals surface area contributed by atoms with E-state index in [4.69, 9.17) is 4.74 Å². The van der Waals surface area contributed by atoms with Crippen LogP contribution in [-0.2, 0) is 9.53 Å². The Morgan fingerprint density at radius 3 is 2.59 bits per heavy atom. The Kier molecular flexibility index (Phi) is 5.27. The first-order chi connectivity index (χ1) is 8.13. The lowest BCUT2D eigenvalue weighted by Crippen LogP contribution is -2.25. The SMILES string of the molecule is C=C(C)C(=O)OC(CC)CNc1ccccc1. The van der Waals surface area contributed by atoms with Gasteiger partial charge in [-0.2, -0.15) is 0 Å². The topological polar surface area (TPSA) is 38.3 Å². The Labute approximate surface area is 102 Å². The number of benzene rings is 1. The van der Waals surface area contributed by atoms with Gasteiger partial charge < -0.3 is 10.1 Å². The van der Waals surface area contributed by atoms with Crippen LogP contribution in [0.1, 0.15) is 20.3 Å². The standard InChI is InChI=1S/C14H19NO2/c1-4-13(17-14(16)11(2)3)10-15-12-8-6-5-7-9-12/h5-9,13,15H,2,4,10H2,1,3H3. The molecule has 1 unspecified atom stereocenters. The van der Waals surface area contributed by atoms with Crippen LogP contribution in [0.5, 0.6) is 0 Å². The lowest BCUT2D eigenvalue weighted by Gasteiger charge is -2.17. The molecule has 1 aromatic carbocycles. The summed E-state index contributed by atoms with van der Waals surface area (Å²) in [6, 6.07) is 9.84. The molecule has 1 rings (SSSR count). The Bertz CT molecular complexity index is 373. The van der Waals surface area contributed by atoms with Crippen LogP contribution >= 0.6 is 0 Å². The molecule has 0 saturated carbocycles. The van der Waals surface area contributed by atoms with Crippen LogP contribution in [0.3, 0.4) is 0 Å². The number of nitrogens with one attached hydrogen (secondary N) is 1. The Morgan fingerprint density at radius 2 is 2.06 bits per heavy atom. The fraction of sp³-hybridized carbons (Fsp3) is 0.357. The highest BCUT2D eigenvalue weighted by Gasteiger charge is 2.12. The van der Waals surface area contributed by atoms with Crippen molar-refractivity contribution in [2.24, 2.45) is 0 Å². The van der Waals surface area contributed by atoms with E-state index in [1.165, 1.54) is 0 Å². The van der Waals surface area contributed by atoms with E-state index < -0.39 is 0 Å². The largest absolute Gasteiger partial charge is 0.457 e. The molecule has 0 heterocycles. The smallest absolute Gasteiger partial charge is 0.333 e. The first kappa shape index (κ1) is 13.3. The van der Waals surface area contributed by atoms with Crippen molar-refractivity contribution < 1.29 is 9.53 Å². The molecule has 0 bridgehead atoms. The maximum Gasteiger partial charge on any atom is 0.333 e. The highest BCUT2D eigenvalue weighted by atomic mass is 16.5. The summed E-state index contributed by atoms with van der Waals surface area (Å²) < 4.78 is 5.28. The maximum absolute atomic E-state index is 11.4. The second-order valence-corrected chi connectivity index (χ2v) is 3.96. The zero-order valence-electron chi connectivity index (χ0n) is 10.4. The zero-order valence-corrected chi connectivity index (χ0v) is 10.4. The molecule has 17 heavy (non-hydrogen) atoms. The van der Waals surface area contributed by atoms with E-state index in [1.807, 2.05) is 37.3 Å². The molecule has 1 aromatic rings. The molecule has 0 aliphatic carbocycles. The Balaban J connectivity index is 2.43. The monoisotopic (exact) mass is 233 g/mol. The van der Waals surface area contributed by atoms with Gasteiger partial charge in [-0.1, -0.05) is 31.7 Å². The predicted octanol–water partition coefficient (Wildman–Crippen LogP) is 3.00. The normalized spacial score (nSPS) is 11.6. The van der Waals surface area contributed by atoms with Crippen LogP contribution in [0.15, 0.2) is 42.5 Å². The van der Waals surface area contributed by atoms with Crippen molar-refractivity contribution in [3.05, 3.63) is 42.5 Å². The summed E-state index contributed by atoms with van der Waals surface area (Å²) in [6.45, 7) is 7.82. The molecule has 3 nitrogen and oxygen atoms in total. The number of carbonyl (C=O) groups excluding carboxylic acids is 1. The number of hydrogen-bond acceptors (Lipinski definition) is 3. The molecule has 1 N–H and O–H groups in total. The van der Waals surface area contributed by atoms with Gasteiger partial charge in [0.1, 0.15) is 6.10 Å². The number of carbonyl (C=O) groups is 1. The predicted molar refractivity (Wildman–Crippen MR) is 69.9 cm³/mol. The fourth-order valence-electron chi connectivity index (χ4n) is 1.31. The summed E-state index contributed by atoms with van der Waals surface area (Å²) in [5.74, 6) is -0.327. The third-order valence-corrected chi connectivity index (χ3v) is 2.39. The Morgan fingerprint density at radius 1 is 1.41 bits per heavy atom. The van der Waals surface area contributed by atoms with Gasteiger partial charge in [0.05, 0.1) is 6.54 Å². The second kappa shape index (κ2) is 6.74. The summed E-state index contributed by atoms with van der Waals surface area (Å²) >= 11 is 0. The van der Waals surface area contributed by atoms with Crippen LogP contribution in [0.25, 0.3) is 0 Å². The third-order valence-electron chi connectivity index (χ3n) is 2.39. The van der Waals surface area contributed by atoms with E-state index in [0.29, 0.717) is 12.1 Å². The number of hydrogen-bond donors (Lipinski definition) is 1. The highest BCUT2D eigenvalue weighted by Crippen LogP contribution is 2.08. The van der Waals surface area contributed by atoms with Crippen molar-refractivity contribution in [1.82, 2.24) is 0 Å². The van der Waals surface area contributed by atoms with Crippen LogP contribution in [0.4, 0.5) is 5.69 Å². The van der Waals surface area contributed by atoms with Gasteiger partial charge in [-0.15, -0.1) is 0 Å². The third kappa shape index (κ3) is 4.72. The zero-order chi connectivity index (χ0) is 12.7. The molecular weight excluding hydrogens is 214 g/mol. The van der Waals surface area contributed by atoms with Crippen molar-refractivity contribution in [2.45, 2.75) is 26.4 Å². The lowest BCUT2D eigenvalue weighted by atomic mass is 10.2. The lowest BCUT2D eigenvalue weighted by molar-refractivity contribution is -0.143. The van der Waals surface area contributed by atoms with Gasteiger partial charge in [0, 0.05) is 11.3 Å². The summed E-state index contributed by atoms with van der Waals surface area (Å²) in [6.07, 6.45) is 0.651. The van der Waals surface area contributed by atoms with Gasteiger partial charge in [-0.3, -0.25) is 0 Å². The number of para-hydroxylation sites is 1. The molecule has 1 atom stereocenters. The number of ether oxygens (including phenoxy) is 1. The molecule has 3 heteroatoms. The first-order valence-corrected chi connectivity index (χ1v) is 5.79. The fourth-order valence-corrected chi connectivity index (χ4v) is 1.31. The quantitative estimate of drug-likeness (QED) is 0.606. The minimum atomic E-state index is -0.327. The average molecular weight is 233 g/mol. The van der Waals surface area contributed by atoms with Crippen molar-refractivity contribution >= 4 is 11.7 Å². The van der Waals surface area contributed by atoms with Gasteiger partial charge in [0.15, 0.2) is 0 Å². The molecule has 92 valence electrons. The van der Waals surface area contributed by atoms with Crippen molar-refractivity contribution in [3.63, 3.8) is 0 Å². The van der Waals surface area contributed by atoms with E-state index in [9.17, 15) is 4.79 Å². The summed E-state index contributed by atoms with van der Waals surface area (Å²) in [5, 5.41) is 3.23. The van der Waals surface area contributed by atoms with Crippen molar-refractivity contribution in [2.75, 3.05) is 11.9 Å². The van der Waals surface area contributed by atoms with Crippen LogP contribution < -0.4 is 5.32 Å². The highest BCUT2D eigenvalue weighted by molar-refractivity contribution is 5.87. The van der Waals surface area contributed by atoms with E-state index >= 15 is 0 Å². The first-order valence-electron chi connectivity index (χ1n) is 5.79. The van der Waals surface area contributed by atoms with E-state index in [-0.39, 0.29) is 12.1 Å².